The normalized spacial score (nSPS) is 19.2. The van der Waals surface area contributed by atoms with Crippen LogP contribution in [0, 0.1) is 12.8 Å². The van der Waals surface area contributed by atoms with Crippen LogP contribution in [0.1, 0.15) is 43.4 Å². The topological polar surface area (TPSA) is 0 Å². The Morgan fingerprint density at radius 2 is 2.12 bits per heavy atom. The first-order valence-corrected chi connectivity index (χ1v) is 6.68. The van der Waals surface area contributed by atoms with Crippen molar-refractivity contribution >= 4 is 5.57 Å². The van der Waals surface area contributed by atoms with Gasteiger partial charge in [0.25, 0.3) is 0 Å². The molecule has 0 amide bonds. The van der Waals surface area contributed by atoms with Gasteiger partial charge < -0.3 is 0 Å². The summed E-state index contributed by atoms with van der Waals surface area (Å²) in [6.07, 6.45) is 10.4. The minimum atomic E-state index is 0.671. The van der Waals surface area contributed by atoms with E-state index in [4.69, 9.17) is 0 Å². The Kier molecular flexibility index (Phi) is 3.83. The van der Waals surface area contributed by atoms with E-state index in [-0.39, 0.29) is 0 Å². The van der Waals surface area contributed by atoms with Crippen LogP contribution in [0.25, 0.3) is 5.57 Å². The molecule has 0 bridgehead atoms. The van der Waals surface area contributed by atoms with Gasteiger partial charge in [-0.25, -0.2) is 0 Å². The predicted molar refractivity (Wildman–Crippen MR) is 76.1 cm³/mol. The molecule has 1 aliphatic carbocycles. The Morgan fingerprint density at radius 3 is 2.82 bits per heavy atom. The lowest BCUT2D eigenvalue weighted by atomic mass is 9.86. The first-order chi connectivity index (χ1) is 8.22. The van der Waals surface area contributed by atoms with Gasteiger partial charge in [0.05, 0.1) is 0 Å². The standard InChI is InChI=1S/C17H22/c1-4-7-16-14(3)9-6-11-17(16)15-10-5-8-13(2)12-15/h5-6,8-11,13H,4,7,12H2,1-3H3. The highest BCUT2D eigenvalue weighted by molar-refractivity contribution is 5.71. The quantitative estimate of drug-likeness (QED) is 0.685. The van der Waals surface area contributed by atoms with Crippen molar-refractivity contribution in [2.24, 2.45) is 5.92 Å². The van der Waals surface area contributed by atoms with Gasteiger partial charge in [-0.3, -0.25) is 0 Å². The Labute approximate surface area is 105 Å². The van der Waals surface area contributed by atoms with Gasteiger partial charge in [0.2, 0.25) is 0 Å². The minimum absolute atomic E-state index is 0.671. The highest BCUT2D eigenvalue weighted by Crippen LogP contribution is 2.31. The van der Waals surface area contributed by atoms with Crippen molar-refractivity contribution in [3.8, 4) is 0 Å². The van der Waals surface area contributed by atoms with E-state index in [0.29, 0.717) is 5.92 Å². The van der Waals surface area contributed by atoms with Gasteiger partial charge in [-0.15, -0.1) is 0 Å². The van der Waals surface area contributed by atoms with Crippen LogP contribution in [0.2, 0.25) is 0 Å². The van der Waals surface area contributed by atoms with Crippen LogP contribution in [-0.2, 0) is 6.42 Å². The zero-order chi connectivity index (χ0) is 12.3. The van der Waals surface area contributed by atoms with E-state index in [1.165, 1.54) is 36.0 Å². The summed E-state index contributed by atoms with van der Waals surface area (Å²) in [6, 6.07) is 6.71. The molecule has 2 rings (SSSR count). The Morgan fingerprint density at radius 1 is 1.29 bits per heavy atom. The van der Waals surface area contributed by atoms with Crippen molar-refractivity contribution < 1.29 is 0 Å². The van der Waals surface area contributed by atoms with Gasteiger partial charge in [-0.1, -0.05) is 56.7 Å². The molecule has 0 fully saturated rings. The third-order valence-corrected chi connectivity index (χ3v) is 3.54. The SMILES string of the molecule is CCCc1c(C)cccc1C1=CC=CC(C)C1. The summed E-state index contributed by atoms with van der Waals surface area (Å²) in [6.45, 7) is 6.78. The maximum Gasteiger partial charge on any atom is -0.0190 e. The van der Waals surface area contributed by atoms with Gasteiger partial charge in [0.1, 0.15) is 0 Å². The van der Waals surface area contributed by atoms with E-state index in [9.17, 15) is 0 Å². The molecule has 17 heavy (non-hydrogen) atoms. The smallest absolute Gasteiger partial charge is 0.0190 e. The van der Waals surface area contributed by atoms with E-state index >= 15 is 0 Å². The van der Waals surface area contributed by atoms with Crippen molar-refractivity contribution in [1.29, 1.82) is 0 Å². The summed E-state index contributed by atoms with van der Waals surface area (Å²) >= 11 is 0. The van der Waals surface area contributed by atoms with Crippen molar-refractivity contribution in [3.63, 3.8) is 0 Å². The van der Waals surface area contributed by atoms with Crippen LogP contribution in [0.5, 0.6) is 0 Å². The molecule has 1 aliphatic rings. The van der Waals surface area contributed by atoms with Crippen LogP contribution in [0.3, 0.4) is 0 Å². The van der Waals surface area contributed by atoms with Crippen LogP contribution >= 0.6 is 0 Å². The third kappa shape index (κ3) is 2.69. The summed E-state index contributed by atoms with van der Waals surface area (Å²) in [7, 11) is 0. The first-order valence-electron chi connectivity index (χ1n) is 6.68. The van der Waals surface area contributed by atoms with Crippen molar-refractivity contribution in [3.05, 3.63) is 53.1 Å². The van der Waals surface area contributed by atoms with E-state index in [2.05, 4.69) is 57.2 Å². The van der Waals surface area contributed by atoms with E-state index in [0.717, 1.165) is 0 Å². The molecule has 0 spiro atoms. The van der Waals surface area contributed by atoms with Crippen LogP contribution in [-0.4, -0.2) is 0 Å². The maximum absolute atomic E-state index is 2.29. The Hall–Kier alpha value is -1.30. The monoisotopic (exact) mass is 226 g/mol. The molecule has 0 N–H and O–H groups in total. The van der Waals surface area contributed by atoms with Crippen LogP contribution in [0.15, 0.2) is 36.4 Å². The lowest BCUT2D eigenvalue weighted by molar-refractivity contribution is 0.747. The molecule has 0 radical (unpaired) electrons. The van der Waals surface area contributed by atoms with Gasteiger partial charge in [0, 0.05) is 0 Å². The second-order valence-corrected chi connectivity index (χ2v) is 5.11. The molecule has 0 heteroatoms. The number of benzene rings is 1. The van der Waals surface area contributed by atoms with E-state index in [1.807, 2.05) is 0 Å². The molecule has 0 nitrogen and oxygen atoms in total. The lowest BCUT2D eigenvalue weighted by Crippen LogP contribution is -2.02. The van der Waals surface area contributed by atoms with Gasteiger partial charge in [-0.2, -0.15) is 0 Å². The minimum Gasteiger partial charge on any atom is -0.0814 e. The van der Waals surface area contributed by atoms with E-state index in [1.54, 1.807) is 5.56 Å². The van der Waals surface area contributed by atoms with Gasteiger partial charge in [0.15, 0.2) is 0 Å². The molecule has 0 aliphatic heterocycles. The zero-order valence-corrected chi connectivity index (χ0v) is 11.2. The summed E-state index contributed by atoms with van der Waals surface area (Å²) in [4.78, 5) is 0. The average Bonchev–Trinajstić information content (AvgIpc) is 2.32. The second-order valence-electron chi connectivity index (χ2n) is 5.11. The Bertz CT molecular complexity index is 449. The van der Waals surface area contributed by atoms with Crippen molar-refractivity contribution in [1.82, 2.24) is 0 Å². The average molecular weight is 226 g/mol. The number of hydrogen-bond donors (Lipinski definition) is 0. The number of hydrogen-bond acceptors (Lipinski definition) is 0. The fraction of sp³-hybridized carbons (Fsp3) is 0.412. The number of allylic oxidation sites excluding steroid dienone is 4. The molecule has 0 saturated carbocycles. The largest absolute Gasteiger partial charge is 0.0814 e. The number of aryl methyl sites for hydroxylation is 1. The Balaban J connectivity index is 2.41. The molecule has 0 heterocycles. The maximum atomic E-state index is 2.29. The summed E-state index contributed by atoms with van der Waals surface area (Å²) in [5.74, 6) is 0.671. The fourth-order valence-corrected chi connectivity index (χ4v) is 2.63. The van der Waals surface area contributed by atoms with Gasteiger partial charge >= 0.3 is 0 Å². The molecule has 0 saturated heterocycles. The molecule has 1 unspecified atom stereocenters. The van der Waals surface area contributed by atoms with Crippen LogP contribution in [0.4, 0.5) is 0 Å². The summed E-state index contributed by atoms with van der Waals surface area (Å²) in [5, 5.41) is 0. The predicted octanol–water partition coefficient (Wildman–Crippen LogP) is 4.93. The van der Waals surface area contributed by atoms with Crippen molar-refractivity contribution in [2.75, 3.05) is 0 Å². The molecule has 0 aromatic heterocycles. The zero-order valence-electron chi connectivity index (χ0n) is 11.2. The highest BCUT2D eigenvalue weighted by Gasteiger charge is 2.13. The molecule has 1 aromatic rings. The van der Waals surface area contributed by atoms with E-state index < -0.39 is 0 Å². The molecule has 90 valence electrons. The second kappa shape index (κ2) is 5.35. The fourth-order valence-electron chi connectivity index (χ4n) is 2.63. The highest BCUT2D eigenvalue weighted by atomic mass is 14.2. The van der Waals surface area contributed by atoms with Crippen LogP contribution < -0.4 is 0 Å². The molecule has 1 aromatic carbocycles. The molecular formula is C17H22. The summed E-state index contributed by atoms with van der Waals surface area (Å²) < 4.78 is 0. The third-order valence-electron chi connectivity index (χ3n) is 3.54. The first kappa shape index (κ1) is 12.2. The summed E-state index contributed by atoms with van der Waals surface area (Å²) in [5.41, 5.74) is 5.96. The van der Waals surface area contributed by atoms with Crippen molar-refractivity contribution in [2.45, 2.75) is 40.0 Å². The molecule has 1 atom stereocenters. The lowest BCUT2D eigenvalue weighted by Gasteiger charge is -2.19. The molecular weight excluding hydrogens is 204 g/mol. The number of rotatable bonds is 3. The van der Waals surface area contributed by atoms with Gasteiger partial charge in [-0.05, 0) is 47.9 Å².